The lowest BCUT2D eigenvalue weighted by atomic mass is 10.0. The van der Waals surface area contributed by atoms with Crippen molar-refractivity contribution in [3.8, 4) is 10.7 Å². The van der Waals surface area contributed by atoms with Crippen LogP contribution in [0.25, 0.3) is 10.7 Å². The molecule has 32 heavy (non-hydrogen) atoms. The Labute approximate surface area is 195 Å². The van der Waals surface area contributed by atoms with Crippen molar-refractivity contribution in [2.24, 2.45) is 0 Å². The van der Waals surface area contributed by atoms with E-state index < -0.39 is 6.04 Å². The van der Waals surface area contributed by atoms with Gasteiger partial charge in [-0.05, 0) is 55.6 Å². The highest BCUT2D eigenvalue weighted by Gasteiger charge is 2.26. The number of likely N-dealkylation sites (tertiary alicyclic amines) is 1. The number of carbonyl (C=O) groups excluding carboxylic acids is 2. The van der Waals surface area contributed by atoms with Crippen LogP contribution in [-0.4, -0.2) is 57.2 Å². The quantitative estimate of drug-likeness (QED) is 0.460. The van der Waals surface area contributed by atoms with Crippen molar-refractivity contribution in [2.45, 2.75) is 31.8 Å². The zero-order valence-corrected chi connectivity index (χ0v) is 19.4. The van der Waals surface area contributed by atoms with E-state index in [1.807, 2.05) is 54.8 Å². The number of para-hydroxylation sites is 1. The molecule has 0 radical (unpaired) electrons. The molecule has 0 aliphatic carbocycles. The summed E-state index contributed by atoms with van der Waals surface area (Å²) in [6.45, 7) is 3.70. The molecule has 10 heteroatoms. The molecule has 3 heterocycles. The van der Waals surface area contributed by atoms with Crippen molar-refractivity contribution >= 4 is 41.1 Å². The molecule has 0 bridgehead atoms. The number of carbonyl (C=O) groups is 2. The number of H-pyrrole nitrogens is 1. The number of nitrogens with zero attached hydrogens (tertiary/aromatic N) is 3. The number of anilines is 1. The van der Waals surface area contributed by atoms with Gasteiger partial charge >= 0.3 is 0 Å². The van der Waals surface area contributed by atoms with E-state index in [2.05, 4.69) is 25.7 Å². The van der Waals surface area contributed by atoms with Gasteiger partial charge in [-0.1, -0.05) is 24.3 Å². The number of piperidine rings is 1. The van der Waals surface area contributed by atoms with Crippen LogP contribution in [0.15, 0.2) is 47.8 Å². The first kappa shape index (κ1) is 22.4. The molecule has 1 aliphatic heterocycles. The van der Waals surface area contributed by atoms with E-state index >= 15 is 0 Å². The van der Waals surface area contributed by atoms with Crippen molar-refractivity contribution in [1.29, 1.82) is 0 Å². The van der Waals surface area contributed by atoms with Crippen LogP contribution in [0.2, 0.25) is 0 Å². The predicted octanol–water partition coefficient (Wildman–Crippen LogP) is 3.45. The van der Waals surface area contributed by atoms with Gasteiger partial charge in [0.15, 0.2) is 10.6 Å². The molecule has 1 unspecified atom stereocenters. The van der Waals surface area contributed by atoms with E-state index in [-0.39, 0.29) is 17.9 Å². The third kappa shape index (κ3) is 5.32. The van der Waals surface area contributed by atoms with Crippen LogP contribution in [0.5, 0.6) is 0 Å². The van der Waals surface area contributed by atoms with Gasteiger partial charge in [0.2, 0.25) is 11.8 Å². The normalized spacial score (nSPS) is 15.9. The zero-order chi connectivity index (χ0) is 22.5. The average molecular weight is 471 g/mol. The SMILES string of the molecule is CC(C(=O)NC1CCN(CC(=O)Nc2ccccc2)CC1)n1c(-c2cccs2)n[nH]c1=S. The molecule has 1 aliphatic rings. The van der Waals surface area contributed by atoms with E-state index in [1.165, 1.54) is 0 Å². The van der Waals surface area contributed by atoms with Crippen LogP contribution < -0.4 is 10.6 Å². The second kappa shape index (κ2) is 10.2. The second-order valence-electron chi connectivity index (χ2n) is 7.85. The number of hydrogen-bond donors (Lipinski definition) is 3. The summed E-state index contributed by atoms with van der Waals surface area (Å²) in [6, 6.07) is 12.9. The van der Waals surface area contributed by atoms with Gasteiger partial charge in [0.25, 0.3) is 0 Å². The fourth-order valence-corrected chi connectivity index (χ4v) is 4.84. The van der Waals surface area contributed by atoms with Crippen molar-refractivity contribution in [2.75, 3.05) is 25.0 Å². The van der Waals surface area contributed by atoms with E-state index in [0.29, 0.717) is 17.1 Å². The molecule has 1 atom stereocenters. The standard InChI is InChI=1S/C22H26N6O2S2/c1-15(28-20(25-26-22(28)31)18-8-5-13-32-18)21(30)24-17-9-11-27(12-10-17)14-19(29)23-16-6-3-2-4-7-16/h2-8,13,15,17H,9-12,14H2,1H3,(H,23,29)(H,24,30)(H,26,31). The Bertz CT molecular complexity index is 1100. The van der Waals surface area contributed by atoms with Gasteiger partial charge in [-0.3, -0.25) is 24.2 Å². The van der Waals surface area contributed by atoms with Gasteiger partial charge in [-0.2, -0.15) is 5.10 Å². The number of hydrogen-bond acceptors (Lipinski definition) is 6. The van der Waals surface area contributed by atoms with Gasteiger partial charge in [-0.25, -0.2) is 0 Å². The number of nitrogens with one attached hydrogen (secondary N) is 3. The Balaban J connectivity index is 1.28. The molecule has 1 fully saturated rings. The van der Waals surface area contributed by atoms with Gasteiger partial charge in [0, 0.05) is 24.8 Å². The first-order chi connectivity index (χ1) is 15.5. The zero-order valence-electron chi connectivity index (χ0n) is 17.8. The third-order valence-electron chi connectivity index (χ3n) is 5.57. The summed E-state index contributed by atoms with van der Waals surface area (Å²) >= 11 is 6.93. The number of thiophene rings is 1. The molecule has 2 amide bonds. The number of aromatic nitrogens is 3. The maximum atomic E-state index is 13.0. The molecular formula is C22H26N6O2S2. The highest BCUT2D eigenvalue weighted by atomic mass is 32.1. The lowest BCUT2D eigenvalue weighted by molar-refractivity contribution is -0.125. The number of aromatic amines is 1. The van der Waals surface area contributed by atoms with Crippen molar-refractivity contribution in [1.82, 2.24) is 25.0 Å². The molecule has 1 aromatic carbocycles. The molecule has 3 N–H and O–H groups in total. The molecule has 0 spiro atoms. The summed E-state index contributed by atoms with van der Waals surface area (Å²) in [6.07, 6.45) is 1.59. The summed E-state index contributed by atoms with van der Waals surface area (Å²) in [4.78, 5) is 28.3. The van der Waals surface area contributed by atoms with Crippen LogP contribution in [0, 0.1) is 4.77 Å². The minimum Gasteiger partial charge on any atom is -0.351 e. The molecule has 2 aromatic heterocycles. The Hall–Kier alpha value is -2.82. The first-order valence-electron chi connectivity index (χ1n) is 10.6. The van der Waals surface area contributed by atoms with E-state index in [9.17, 15) is 9.59 Å². The summed E-state index contributed by atoms with van der Waals surface area (Å²) in [5.41, 5.74) is 0.799. The molecule has 0 saturated carbocycles. The Morgan fingerprint density at radius 1 is 1.22 bits per heavy atom. The van der Waals surface area contributed by atoms with Crippen LogP contribution >= 0.6 is 23.6 Å². The third-order valence-corrected chi connectivity index (χ3v) is 6.73. The summed E-state index contributed by atoms with van der Waals surface area (Å²) in [5, 5.41) is 15.1. The highest BCUT2D eigenvalue weighted by molar-refractivity contribution is 7.71. The smallest absolute Gasteiger partial charge is 0.243 e. The van der Waals surface area contributed by atoms with Crippen molar-refractivity contribution in [3.63, 3.8) is 0 Å². The number of rotatable bonds is 7. The maximum Gasteiger partial charge on any atom is 0.243 e. The van der Waals surface area contributed by atoms with Gasteiger partial charge in [0.05, 0.1) is 11.4 Å². The molecule has 3 aromatic rings. The Morgan fingerprint density at radius 3 is 2.66 bits per heavy atom. The summed E-state index contributed by atoms with van der Waals surface area (Å²) < 4.78 is 2.19. The Morgan fingerprint density at radius 2 is 1.97 bits per heavy atom. The van der Waals surface area contributed by atoms with Gasteiger partial charge < -0.3 is 10.6 Å². The van der Waals surface area contributed by atoms with Crippen LogP contribution in [-0.2, 0) is 9.59 Å². The van der Waals surface area contributed by atoms with Crippen LogP contribution in [0.4, 0.5) is 5.69 Å². The molecule has 168 valence electrons. The minimum absolute atomic E-state index is 0.0252. The lowest BCUT2D eigenvalue weighted by Crippen LogP contribution is -2.47. The fraction of sp³-hybridized carbons (Fsp3) is 0.364. The molecule has 4 rings (SSSR count). The minimum atomic E-state index is -0.479. The summed E-state index contributed by atoms with van der Waals surface area (Å²) in [5.74, 6) is 0.565. The predicted molar refractivity (Wildman–Crippen MR) is 128 cm³/mol. The van der Waals surface area contributed by atoms with Crippen LogP contribution in [0.3, 0.4) is 0 Å². The van der Waals surface area contributed by atoms with E-state index in [1.54, 1.807) is 15.9 Å². The van der Waals surface area contributed by atoms with Gasteiger partial charge in [0.1, 0.15) is 6.04 Å². The summed E-state index contributed by atoms with van der Waals surface area (Å²) in [7, 11) is 0. The monoisotopic (exact) mass is 470 g/mol. The van der Waals surface area contributed by atoms with Crippen molar-refractivity contribution in [3.05, 3.63) is 52.6 Å². The lowest BCUT2D eigenvalue weighted by Gasteiger charge is -2.32. The first-order valence-corrected chi connectivity index (χ1v) is 11.9. The van der Waals surface area contributed by atoms with Crippen molar-refractivity contribution < 1.29 is 9.59 Å². The second-order valence-corrected chi connectivity index (χ2v) is 9.18. The average Bonchev–Trinajstić information content (AvgIpc) is 3.45. The van der Waals surface area contributed by atoms with Gasteiger partial charge in [-0.15, -0.1) is 11.3 Å². The van der Waals surface area contributed by atoms with E-state index in [4.69, 9.17) is 12.2 Å². The number of benzene rings is 1. The maximum absolute atomic E-state index is 13.0. The van der Waals surface area contributed by atoms with E-state index in [0.717, 1.165) is 36.5 Å². The topological polar surface area (TPSA) is 95.1 Å². The fourth-order valence-electron chi connectivity index (χ4n) is 3.84. The highest BCUT2D eigenvalue weighted by Crippen LogP contribution is 2.25. The molecule has 8 nitrogen and oxygen atoms in total. The van der Waals surface area contributed by atoms with Crippen LogP contribution in [0.1, 0.15) is 25.8 Å². The largest absolute Gasteiger partial charge is 0.351 e. The molecule has 1 saturated heterocycles. The molecular weight excluding hydrogens is 444 g/mol. The Kier molecular flexibility index (Phi) is 7.13. The number of amides is 2.